The van der Waals surface area contributed by atoms with Gasteiger partial charge in [0.15, 0.2) is 5.82 Å². The summed E-state index contributed by atoms with van der Waals surface area (Å²) < 4.78 is 6.85. The molecular formula is C17H26N8O3. The molecule has 0 unspecified atom stereocenters. The summed E-state index contributed by atoms with van der Waals surface area (Å²) in [5.74, 6) is -1.01. The molecule has 1 atom stereocenters. The van der Waals surface area contributed by atoms with Crippen molar-refractivity contribution >= 4 is 23.3 Å². The van der Waals surface area contributed by atoms with Crippen LogP contribution in [0.2, 0.25) is 0 Å². The molecule has 0 spiro atoms. The Morgan fingerprint density at radius 3 is 2.46 bits per heavy atom. The number of nitrogens with zero attached hydrogens (tertiary/aromatic N) is 6. The second kappa shape index (κ2) is 9.13. The highest BCUT2D eigenvalue weighted by Crippen LogP contribution is 2.29. The minimum absolute atomic E-state index is 0.127. The molecule has 0 fully saturated rings. The molecule has 0 saturated carbocycles. The van der Waals surface area contributed by atoms with Crippen LogP contribution in [0.3, 0.4) is 0 Å². The first-order chi connectivity index (χ1) is 13.2. The van der Waals surface area contributed by atoms with Gasteiger partial charge < -0.3 is 25.2 Å². The number of aromatic nitrogens is 4. The van der Waals surface area contributed by atoms with E-state index in [0.29, 0.717) is 5.82 Å². The number of methoxy groups -OCH3 is 1. The normalized spacial score (nSPS) is 11.8. The van der Waals surface area contributed by atoms with Crippen LogP contribution in [0.4, 0.5) is 11.5 Å². The number of nitrogens with one attached hydrogen (secondary N) is 2. The Balaban J connectivity index is 2.08. The van der Waals surface area contributed by atoms with Gasteiger partial charge in [-0.1, -0.05) is 0 Å². The van der Waals surface area contributed by atoms with Crippen molar-refractivity contribution in [1.82, 2.24) is 30.0 Å². The van der Waals surface area contributed by atoms with E-state index in [9.17, 15) is 9.59 Å². The summed E-state index contributed by atoms with van der Waals surface area (Å²) in [7, 11) is 10.5. The Morgan fingerprint density at radius 2 is 1.93 bits per heavy atom. The maximum atomic E-state index is 12.4. The first kappa shape index (κ1) is 21.1. The Labute approximate surface area is 163 Å². The number of hydrogen-bond donors (Lipinski definition) is 2. The molecule has 11 nitrogen and oxygen atoms in total. The van der Waals surface area contributed by atoms with E-state index in [-0.39, 0.29) is 24.2 Å². The third-order valence-electron chi connectivity index (χ3n) is 4.04. The first-order valence-corrected chi connectivity index (χ1v) is 8.55. The highest BCUT2D eigenvalue weighted by atomic mass is 16.5. The van der Waals surface area contributed by atoms with Gasteiger partial charge in [0, 0.05) is 39.4 Å². The minimum Gasteiger partial charge on any atom is -0.479 e. The molecule has 0 saturated heterocycles. The zero-order chi connectivity index (χ0) is 20.8. The van der Waals surface area contributed by atoms with Gasteiger partial charge in [-0.05, 0) is 14.1 Å². The average Bonchev–Trinajstić information content (AvgIpc) is 3.07. The van der Waals surface area contributed by atoms with Gasteiger partial charge in [-0.3, -0.25) is 14.3 Å². The van der Waals surface area contributed by atoms with Gasteiger partial charge in [0.25, 0.3) is 0 Å². The molecule has 2 heterocycles. The summed E-state index contributed by atoms with van der Waals surface area (Å²) in [6.07, 6.45) is 4.92. The van der Waals surface area contributed by atoms with Crippen LogP contribution in [-0.4, -0.2) is 78.3 Å². The van der Waals surface area contributed by atoms with E-state index in [1.165, 1.54) is 13.4 Å². The van der Waals surface area contributed by atoms with E-state index in [0.717, 1.165) is 5.56 Å². The minimum atomic E-state index is -0.833. The number of rotatable bonds is 7. The van der Waals surface area contributed by atoms with Crippen LogP contribution in [0.5, 0.6) is 5.88 Å². The van der Waals surface area contributed by atoms with Gasteiger partial charge in [-0.2, -0.15) is 10.1 Å². The van der Waals surface area contributed by atoms with Crippen molar-refractivity contribution in [3.63, 3.8) is 0 Å². The molecule has 2 amide bonds. The molecule has 152 valence electrons. The quantitative estimate of drug-likeness (QED) is 0.616. The van der Waals surface area contributed by atoms with Crippen molar-refractivity contribution in [3.05, 3.63) is 24.3 Å². The second-order valence-electron chi connectivity index (χ2n) is 6.57. The van der Waals surface area contributed by atoms with Crippen LogP contribution >= 0.6 is 0 Å². The predicted molar refractivity (Wildman–Crippen MR) is 104 cm³/mol. The van der Waals surface area contributed by atoms with Crippen LogP contribution in [0.25, 0.3) is 0 Å². The lowest BCUT2D eigenvalue weighted by Gasteiger charge is -2.23. The molecular weight excluding hydrogens is 364 g/mol. The number of aryl methyl sites for hydroxylation is 1. The lowest BCUT2D eigenvalue weighted by atomic mass is 10.1. The number of carbonyl (C=O) groups is 2. The van der Waals surface area contributed by atoms with Crippen LogP contribution in [0, 0.1) is 0 Å². The third kappa shape index (κ3) is 4.94. The molecule has 0 aliphatic heterocycles. The number of carbonyl (C=O) groups excluding carboxylic acids is 2. The van der Waals surface area contributed by atoms with Crippen LogP contribution in [-0.2, 0) is 16.6 Å². The van der Waals surface area contributed by atoms with Crippen molar-refractivity contribution in [3.8, 4) is 5.88 Å². The lowest BCUT2D eigenvalue weighted by molar-refractivity contribution is -0.136. The van der Waals surface area contributed by atoms with Gasteiger partial charge in [0.2, 0.25) is 5.88 Å². The highest BCUT2D eigenvalue weighted by molar-refractivity contribution is 6.40. The van der Waals surface area contributed by atoms with Crippen molar-refractivity contribution in [2.45, 2.75) is 6.04 Å². The van der Waals surface area contributed by atoms with Crippen molar-refractivity contribution in [2.24, 2.45) is 7.05 Å². The van der Waals surface area contributed by atoms with Gasteiger partial charge >= 0.3 is 11.8 Å². The second-order valence-corrected chi connectivity index (χ2v) is 6.57. The van der Waals surface area contributed by atoms with E-state index >= 15 is 0 Å². The molecule has 0 aromatic carbocycles. The summed E-state index contributed by atoms with van der Waals surface area (Å²) >= 11 is 0. The van der Waals surface area contributed by atoms with Gasteiger partial charge in [0.1, 0.15) is 12.0 Å². The molecule has 2 aromatic rings. The van der Waals surface area contributed by atoms with E-state index < -0.39 is 11.8 Å². The Kier molecular flexibility index (Phi) is 6.88. The Hall–Kier alpha value is -3.21. The fourth-order valence-electron chi connectivity index (χ4n) is 2.61. The Bertz CT molecular complexity index is 834. The molecule has 0 aliphatic carbocycles. The smallest absolute Gasteiger partial charge is 0.313 e. The van der Waals surface area contributed by atoms with E-state index in [4.69, 9.17) is 4.74 Å². The summed E-state index contributed by atoms with van der Waals surface area (Å²) in [6.45, 7) is 0.244. The van der Waals surface area contributed by atoms with E-state index in [1.807, 2.05) is 32.2 Å². The molecule has 2 aromatic heterocycles. The summed E-state index contributed by atoms with van der Waals surface area (Å²) in [6, 6.07) is -0.127. The fraction of sp³-hybridized carbons (Fsp3) is 0.471. The van der Waals surface area contributed by atoms with Crippen LogP contribution < -0.4 is 20.3 Å². The average molecular weight is 390 g/mol. The zero-order valence-electron chi connectivity index (χ0n) is 16.9. The lowest BCUT2D eigenvalue weighted by Crippen LogP contribution is -2.40. The largest absolute Gasteiger partial charge is 0.479 e. The third-order valence-corrected chi connectivity index (χ3v) is 4.04. The van der Waals surface area contributed by atoms with Gasteiger partial charge in [-0.15, -0.1) is 0 Å². The first-order valence-electron chi connectivity index (χ1n) is 8.55. The van der Waals surface area contributed by atoms with E-state index in [2.05, 4.69) is 25.7 Å². The maximum absolute atomic E-state index is 12.4. The molecule has 0 radical (unpaired) electrons. The maximum Gasteiger partial charge on any atom is 0.313 e. The zero-order valence-corrected chi connectivity index (χ0v) is 16.9. The summed E-state index contributed by atoms with van der Waals surface area (Å²) in [5, 5.41) is 9.34. The predicted octanol–water partition coefficient (Wildman–Crippen LogP) is -0.358. The Morgan fingerprint density at radius 1 is 1.21 bits per heavy atom. The topological polar surface area (TPSA) is 118 Å². The molecule has 0 aliphatic rings. The fourth-order valence-corrected chi connectivity index (χ4v) is 2.61. The van der Waals surface area contributed by atoms with Gasteiger partial charge in [-0.25, -0.2) is 4.98 Å². The summed E-state index contributed by atoms with van der Waals surface area (Å²) in [5.41, 5.74) is 1.16. The standard InChI is InChI=1S/C17H26N8O3/c1-23(2)12(11-7-21-25(5)9-11)8-18-15(26)16(27)22-13-14(24(3)4)19-10-20-17(13)28-6/h7,9-10,12H,8H2,1-6H3,(H,18,26)(H,22,27)/t12-/m0/s1. The molecule has 2 rings (SSSR count). The summed E-state index contributed by atoms with van der Waals surface area (Å²) in [4.78, 5) is 36.4. The monoisotopic (exact) mass is 390 g/mol. The highest BCUT2D eigenvalue weighted by Gasteiger charge is 2.23. The number of anilines is 2. The van der Waals surface area contributed by atoms with Crippen LogP contribution in [0.1, 0.15) is 11.6 Å². The molecule has 11 heteroatoms. The molecule has 0 bridgehead atoms. The number of likely N-dealkylation sites (N-methyl/N-ethyl adjacent to an activating group) is 1. The van der Waals surface area contributed by atoms with Crippen molar-refractivity contribution < 1.29 is 14.3 Å². The van der Waals surface area contributed by atoms with Crippen molar-refractivity contribution in [2.75, 3.05) is 52.1 Å². The number of hydrogen-bond acceptors (Lipinski definition) is 8. The molecule has 2 N–H and O–H groups in total. The van der Waals surface area contributed by atoms with E-state index in [1.54, 1.807) is 29.9 Å². The van der Waals surface area contributed by atoms with Gasteiger partial charge in [0.05, 0.1) is 19.3 Å². The van der Waals surface area contributed by atoms with Crippen molar-refractivity contribution in [1.29, 1.82) is 0 Å². The number of ether oxygens (including phenoxy) is 1. The van der Waals surface area contributed by atoms with Crippen LogP contribution in [0.15, 0.2) is 18.7 Å². The molecule has 28 heavy (non-hydrogen) atoms. The number of amides is 2. The SMILES string of the molecule is COc1ncnc(N(C)C)c1NC(=O)C(=O)NC[C@@H](c1cnn(C)c1)N(C)C.